The molecule has 1 unspecified atom stereocenters. The van der Waals surface area contributed by atoms with E-state index in [4.69, 9.17) is 9.47 Å². The molecule has 0 saturated carbocycles. The van der Waals surface area contributed by atoms with Crippen molar-refractivity contribution in [2.45, 2.75) is 32.4 Å². The molecule has 1 N–H and O–H groups in total. The molecule has 0 aromatic heterocycles. The van der Waals surface area contributed by atoms with Crippen LogP contribution in [0.1, 0.15) is 37.4 Å². The van der Waals surface area contributed by atoms with Gasteiger partial charge in [-0.15, -0.1) is 0 Å². The fourth-order valence-corrected chi connectivity index (χ4v) is 3.92. The second kappa shape index (κ2) is 10.5. The lowest BCUT2D eigenvalue weighted by molar-refractivity contribution is -0.139. The minimum atomic E-state index is -0.680. The molecule has 3 rings (SSSR count). The Morgan fingerprint density at radius 1 is 1.03 bits per heavy atom. The highest BCUT2D eigenvalue weighted by Gasteiger charge is 2.45. The zero-order chi connectivity index (χ0) is 24.1. The molecule has 1 atom stereocenters. The molecule has 1 heterocycles. The number of methoxy groups -OCH3 is 1. The van der Waals surface area contributed by atoms with Crippen molar-refractivity contribution >= 4 is 17.4 Å². The number of ether oxygens (including phenoxy) is 2. The van der Waals surface area contributed by atoms with E-state index in [-0.39, 0.29) is 17.4 Å². The summed E-state index contributed by atoms with van der Waals surface area (Å²) in [6.07, 6.45) is 0.732. The third kappa shape index (κ3) is 5.54. The number of nitrogens with zero attached hydrogens (tertiary/aromatic N) is 2. The van der Waals surface area contributed by atoms with Crippen molar-refractivity contribution < 1.29 is 24.2 Å². The Morgan fingerprint density at radius 2 is 1.64 bits per heavy atom. The van der Waals surface area contributed by atoms with Crippen molar-refractivity contribution in [3.8, 4) is 11.5 Å². The van der Waals surface area contributed by atoms with Gasteiger partial charge in [0.15, 0.2) is 0 Å². The van der Waals surface area contributed by atoms with Gasteiger partial charge >= 0.3 is 0 Å². The Balaban J connectivity index is 2.04. The first kappa shape index (κ1) is 24.3. The summed E-state index contributed by atoms with van der Waals surface area (Å²) in [5.41, 5.74) is 1.28. The summed E-state index contributed by atoms with van der Waals surface area (Å²) in [5, 5.41) is 11.1. The van der Waals surface area contributed by atoms with Gasteiger partial charge in [0.25, 0.3) is 11.7 Å². The van der Waals surface area contributed by atoms with Gasteiger partial charge in [0.1, 0.15) is 17.3 Å². The molecule has 1 amide bonds. The van der Waals surface area contributed by atoms with Crippen molar-refractivity contribution in [2.24, 2.45) is 0 Å². The van der Waals surface area contributed by atoms with Gasteiger partial charge in [-0.2, -0.15) is 0 Å². The molecule has 0 aliphatic carbocycles. The summed E-state index contributed by atoms with van der Waals surface area (Å²) >= 11 is 0. The number of ketones is 1. The van der Waals surface area contributed by atoms with E-state index in [1.54, 1.807) is 36.3 Å². The maximum Gasteiger partial charge on any atom is 0.295 e. The van der Waals surface area contributed by atoms with E-state index in [9.17, 15) is 14.7 Å². The molecule has 7 nitrogen and oxygen atoms in total. The SMILES string of the molecule is COc1ccc(/C(O)=C2/C(=O)C(=O)N(CCCN(C)C)C2c2ccc(OC(C)C)cc2)cc1. The van der Waals surface area contributed by atoms with Gasteiger partial charge < -0.3 is 24.4 Å². The molecule has 2 aromatic rings. The lowest BCUT2D eigenvalue weighted by Gasteiger charge is -2.26. The predicted molar refractivity (Wildman–Crippen MR) is 127 cm³/mol. The molecular formula is C26H32N2O5. The summed E-state index contributed by atoms with van der Waals surface area (Å²) in [6.45, 7) is 5.07. The van der Waals surface area contributed by atoms with Gasteiger partial charge in [0.2, 0.25) is 0 Å². The second-order valence-corrected chi connectivity index (χ2v) is 8.61. The van der Waals surface area contributed by atoms with Crippen LogP contribution in [-0.2, 0) is 9.59 Å². The molecule has 0 spiro atoms. The van der Waals surface area contributed by atoms with E-state index in [0.29, 0.717) is 30.0 Å². The second-order valence-electron chi connectivity index (χ2n) is 8.61. The van der Waals surface area contributed by atoms with Crippen LogP contribution in [0.25, 0.3) is 5.76 Å². The zero-order valence-electron chi connectivity index (χ0n) is 19.9. The Kier molecular flexibility index (Phi) is 7.76. The molecule has 7 heteroatoms. The number of aliphatic hydroxyl groups is 1. The van der Waals surface area contributed by atoms with Crippen LogP contribution in [0.2, 0.25) is 0 Å². The van der Waals surface area contributed by atoms with Crippen LogP contribution < -0.4 is 9.47 Å². The lowest BCUT2D eigenvalue weighted by atomic mass is 9.95. The van der Waals surface area contributed by atoms with Gasteiger partial charge in [-0.1, -0.05) is 12.1 Å². The molecule has 1 fully saturated rings. The van der Waals surface area contributed by atoms with Crippen molar-refractivity contribution in [1.29, 1.82) is 0 Å². The van der Waals surface area contributed by atoms with Crippen molar-refractivity contribution in [1.82, 2.24) is 9.80 Å². The molecule has 1 aliphatic heterocycles. The van der Waals surface area contributed by atoms with Crippen LogP contribution in [0.3, 0.4) is 0 Å². The number of aliphatic hydroxyl groups excluding tert-OH is 1. The number of carbonyl (C=O) groups excluding carboxylic acids is 2. The number of hydrogen-bond acceptors (Lipinski definition) is 6. The molecule has 1 aliphatic rings. The van der Waals surface area contributed by atoms with Gasteiger partial charge in [-0.25, -0.2) is 0 Å². The molecule has 0 radical (unpaired) electrons. The van der Waals surface area contributed by atoms with Crippen LogP contribution in [0.15, 0.2) is 54.1 Å². The average Bonchev–Trinajstić information content (AvgIpc) is 3.03. The maximum atomic E-state index is 13.1. The first-order valence-electron chi connectivity index (χ1n) is 11.1. The fourth-order valence-electron chi connectivity index (χ4n) is 3.92. The van der Waals surface area contributed by atoms with Crippen molar-refractivity contribution in [3.63, 3.8) is 0 Å². The molecule has 176 valence electrons. The van der Waals surface area contributed by atoms with Crippen molar-refractivity contribution in [3.05, 3.63) is 65.2 Å². The fraction of sp³-hybridized carbons (Fsp3) is 0.385. The number of Topliss-reactive ketones (excluding diaryl/α,β-unsaturated/α-hetero) is 1. The number of likely N-dealkylation sites (tertiary alicyclic amines) is 1. The van der Waals surface area contributed by atoms with E-state index >= 15 is 0 Å². The van der Waals surface area contributed by atoms with Crippen LogP contribution >= 0.6 is 0 Å². The average molecular weight is 453 g/mol. The standard InChI is InChI=1S/C26H32N2O5/c1-17(2)33-21-13-7-18(8-14-21)23-22(24(29)19-9-11-20(32-5)12-10-19)25(30)26(31)28(23)16-6-15-27(3)4/h7-14,17,23,29H,6,15-16H2,1-5H3/b24-22-. The topological polar surface area (TPSA) is 79.3 Å². The molecule has 33 heavy (non-hydrogen) atoms. The first-order chi connectivity index (χ1) is 15.7. The minimum Gasteiger partial charge on any atom is -0.507 e. The molecule has 2 aromatic carbocycles. The zero-order valence-corrected chi connectivity index (χ0v) is 19.9. The number of benzene rings is 2. The van der Waals surface area contributed by atoms with E-state index in [2.05, 4.69) is 0 Å². The van der Waals surface area contributed by atoms with Crippen LogP contribution in [0.5, 0.6) is 11.5 Å². The summed E-state index contributed by atoms with van der Waals surface area (Å²) in [4.78, 5) is 29.7. The molecule has 0 bridgehead atoms. The van der Waals surface area contributed by atoms with E-state index < -0.39 is 17.7 Å². The van der Waals surface area contributed by atoms with E-state index in [1.165, 1.54) is 0 Å². The highest BCUT2D eigenvalue weighted by molar-refractivity contribution is 6.46. The Labute approximate surface area is 195 Å². The number of carbonyl (C=O) groups is 2. The van der Waals surface area contributed by atoms with Gasteiger partial charge in [0.05, 0.1) is 24.8 Å². The summed E-state index contributed by atoms with van der Waals surface area (Å²) in [7, 11) is 5.48. The van der Waals surface area contributed by atoms with Crippen molar-refractivity contribution in [2.75, 3.05) is 34.3 Å². The third-order valence-electron chi connectivity index (χ3n) is 5.48. The third-order valence-corrected chi connectivity index (χ3v) is 5.48. The molecule has 1 saturated heterocycles. The molecular weight excluding hydrogens is 420 g/mol. The first-order valence-corrected chi connectivity index (χ1v) is 11.1. The smallest absolute Gasteiger partial charge is 0.295 e. The number of rotatable bonds is 9. The number of amides is 1. The Morgan fingerprint density at radius 3 is 2.18 bits per heavy atom. The largest absolute Gasteiger partial charge is 0.507 e. The van der Waals surface area contributed by atoms with E-state index in [1.807, 2.05) is 57.1 Å². The van der Waals surface area contributed by atoms with Gasteiger partial charge in [-0.05, 0) is 82.9 Å². The normalized spacial score (nSPS) is 17.8. The van der Waals surface area contributed by atoms with Gasteiger partial charge in [-0.3, -0.25) is 9.59 Å². The Bertz CT molecular complexity index is 1010. The minimum absolute atomic E-state index is 0.0302. The van der Waals surface area contributed by atoms with Gasteiger partial charge in [0, 0.05) is 12.1 Å². The van der Waals surface area contributed by atoms with Crippen LogP contribution in [-0.4, -0.2) is 67.0 Å². The van der Waals surface area contributed by atoms with Crippen LogP contribution in [0.4, 0.5) is 0 Å². The lowest BCUT2D eigenvalue weighted by Crippen LogP contribution is -2.32. The number of hydrogen-bond donors (Lipinski definition) is 1. The maximum absolute atomic E-state index is 13.1. The highest BCUT2D eigenvalue weighted by Crippen LogP contribution is 2.40. The Hall–Kier alpha value is -3.32. The van der Waals surface area contributed by atoms with Crippen LogP contribution in [0, 0.1) is 0 Å². The summed E-state index contributed by atoms with van der Waals surface area (Å²) in [6, 6.07) is 13.4. The summed E-state index contributed by atoms with van der Waals surface area (Å²) < 4.78 is 10.9. The highest BCUT2D eigenvalue weighted by atomic mass is 16.5. The monoisotopic (exact) mass is 452 g/mol. The predicted octanol–water partition coefficient (Wildman–Crippen LogP) is 3.86. The van der Waals surface area contributed by atoms with E-state index in [0.717, 1.165) is 12.1 Å². The summed E-state index contributed by atoms with van der Waals surface area (Å²) in [5.74, 6) is -0.142. The quantitative estimate of drug-likeness (QED) is 0.354.